The van der Waals surface area contributed by atoms with Crippen molar-refractivity contribution < 1.29 is 14.3 Å². The quantitative estimate of drug-likeness (QED) is 0.373. The molecule has 2 aliphatic rings. The highest BCUT2D eigenvalue weighted by Gasteiger charge is 2.42. The SMILES string of the molecule is Cc1ccc(C(=O)NC2CCCN(c3ccc(Cl)c(Cl)c3)C2=O)c(-n2cc(CCN3CCOC(C)(C(C)(C)C)C3)nn2)c1. The first kappa shape index (κ1) is 31.4. The molecule has 11 heteroatoms. The minimum Gasteiger partial charge on any atom is -0.372 e. The second-order valence-corrected chi connectivity index (χ2v) is 13.6. The third-order valence-electron chi connectivity index (χ3n) is 8.77. The summed E-state index contributed by atoms with van der Waals surface area (Å²) in [5.41, 5.74) is 3.34. The van der Waals surface area contributed by atoms with Crippen molar-refractivity contribution >= 4 is 40.7 Å². The van der Waals surface area contributed by atoms with E-state index >= 15 is 0 Å². The Bertz CT molecular complexity index is 1500. The number of nitrogens with one attached hydrogen (secondary N) is 1. The van der Waals surface area contributed by atoms with Crippen molar-refractivity contribution in [1.82, 2.24) is 25.2 Å². The number of aromatic nitrogens is 3. The number of rotatable bonds is 7. The fourth-order valence-corrected chi connectivity index (χ4v) is 5.87. The van der Waals surface area contributed by atoms with E-state index in [0.29, 0.717) is 46.6 Å². The van der Waals surface area contributed by atoms with E-state index in [1.54, 1.807) is 33.8 Å². The lowest BCUT2D eigenvalue weighted by molar-refractivity contribution is -0.153. The molecule has 9 nitrogen and oxygen atoms in total. The van der Waals surface area contributed by atoms with Crippen molar-refractivity contribution in [1.29, 1.82) is 0 Å². The van der Waals surface area contributed by atoms with E-state index in [4.69, 9.17) is 27.9 Å². The maximum absolute atomic E-state index is 13.6. The molecule has 0 bridgehead atoms. The van der Waals surface area contributed by atoms with Gasteiger partial charge in [-0.2, -0.15) is 0 Å². The highest BCUT2D eigenvalue weighted by Crippen LogP contribution is 2.36. The van der Waals surface area contributed by atoms with Crippen LogP contribution in [0.4, 0.5) is 5.69 Å². The molecule has 5 rings (SSSR count). The van der Waals surface area contributed by atoms with Crippen LogP contribution in [0.3, 0.4) is 0 Å². The Morgan fingerprint density at radius 2 is 1.93 bits per heavy atom. The molecule has 2 unspecified atom stereocenters. The number of ether oxygens (including phenoxy) is 1. The van der Waals surface area contributed by atoms with Crippen LogP contribution in [-0.2, 0) is 16.0 Å². The first-order valence-corrected chi connectivity index (χ1v) is 15.6. The zero-order chi connectivity index (χ0) is 30.9. The third kappa shape index (κ3) is 6.90. The Balaban J connectivity index is 1.28. The van der Waals surface area contributed by atoms with Crippen LogP contribution < -0.4 is 10.2 Å². The van der Waals surface area contributed by atoms with Gasteiger partial charge in [-0.3, -0.25) is 14.5 Å². The minimum absolute atomic E-state index is 0.0288. The fraction of sp³-hybridized carbons (Fsp3) is 0.500. The number of piperidine rings is 1. The molecule has 2 saturated heterocycles. The highest BCUT2D eigenvalue weighted by atomic mass is 35.5. The molecule has 2 aromatic carbocycles. The Kier molecular flexibility index (Phi) is 9.18. The largest absolute Gasteiger partial charge is 0.372 e. The molecule has 1 N–H and O–H groups in total. The summed E-state index contributed by atoms with van der Waals surface area (Å²) in [5.74, 6) is -0.517. The number of hydrogen-bond donors (Lipinski definition) is 1. The second kappa shape index (κ2) is 12.6. The van der Waals surface area contributed by atoms with Crippen molar-refractivity contribution in [2.45, 2.75) is 65.5 Å². The summed E-state index contributed by atoms with van der Waals surface area (Å²) in [6.07, 6.45) is 3.90. The smallest absolute Gasteiger partial charge is 0.254 e. The molecule has 3 aromatic rings. The van der Waals surface area contributed by atoms with Gasteiger partial charge in [0.15, 0.2) is 0 Å². The molecular formula is C32H40Cl2N6O3. The Morgan fingerprint density at radius 1 is 1.14 bits per heavy atom. The summed E-state index contributed by atoms with van der Waals surface area (Å²) in [6.45, 7) is 14.6. The maximum atomic E-state index is 13.6. The summed E-state index contributed by atoms with van der Waals surface area (Å²) >= 11 is 12.3. The molecule has 0 spiro atoms. The molecule has 43 heavy (non-hydrogen) atoms. The van der Waals surface area contributed by atoms with Gasteiger partial charge < -0.3 is 15.0 Å². The maximum Gasteiger partial charge on any atom is 0.254 e. The Hall–Kier alpha value is -2.98. The van der Waals surface area contributed by atoms with Crippen molar-refractivity contribution in [2.75, 3.05) is 37.7 Å². The number of morpholine rings is 1. The van der Waals surface area contributed by atoms with Crippen LogP contribution in [0.15, 0.2) is 42.6 Å². The van der Waals surface area contributed by atoms with E-state index < -0.39 is 6.04 Å². The third-order valence-corrected chi connectivity index (χ3v) is 9.51. The Morgan fingerprint density at radius 3 is 2.67 bits per heavy atom. The van der Waals surface area contributed by atoms with Gasteiger partial charge in [0.25, 0.3) is 5.91 Å². The molecule has 230 valence electrons. The average molecular weight is 628 g/mol. The molecule has 2 fully saturated rings. The van der Waals surface area contributed by atoms with E-state index in [9.17, 15) is 9.59 Å². The standard InChI is InChI=1S/C32H40Cl2N6O3/c1-21-8-10-24(29(41)35-27-7-6-13-39(30(27)42)23-9-11-25(33)26(34)18-23)28(17-21)40-19-22(36-37-40)12-14-38-15-16-43-32(5,20-38)31(2,3)4/h8-11,17-19,27H,6-7,12-16,20H2,1-5H3,(H,35,41). The van der Waals surface area contributed by atoms with Gasteiger partial charge in [0.2, 0.25) is 5.91 Å². The first-order chi connectivity index (χ1) is 20.3. The summed E-state index contributed by atoms with van der Waals surface area (Å²) in [7, 11) is 0. The molecule has 2 amide bonds. The molecule has 0 aliphatic carbocycles. The van der Waals surface area contributed by atoms with Crippen LogP contribution in [0, 0.1) is 12.3 Å². The predicted molar refractivity (Wildman–Crippen MR) is 169 cm³/mol. The number of anilines is 1. The number of carbonyl (C=O) groups excluding carboxylic acids is 2. The van der Waals surface area contributed by atoms with Crippen molar-refractivity contribution in [3.05, 3.63) is 69.5 Å². The van der Waals surface area contributed by atoms with E-state index in [1.807, 2.05) is 25.3 Å². The number of aryl methyl sites for hydroxylation is 1. The molecule has 0 saturated carbocycles. The van der Waals surface area contributed by atoms with E-state index in [1.165, 1.54) is 0 Å². The number of amides is 2. The topological polar surface area (TPSA) is 92.6 Å². The van der Waals surface area contributed by atoms with Gasteiger partial charge in [0.05, 0.1) is 45.4 Å². The summed E-state index contributed by atoms with van der Waals surface area (Å²) in [6, 6.07) is 10.0. The van der Waals surface area contributed by atoms with Crippen LogP contribution >= 0.6 is 23.2 Å². The predicted octanol–water partition coefficient (Wildman–Crippen LogP) is 5.49. The summed E-state index contributed by atoms with van der Waals surface area (Å²) in [4.78, 5) is 31.0. The van der Waals surface area contributed by atoms with Gasteiger partial charge in [-0.15, -0.1) is 5.10 Å². The van der Waals surface area contributed by atoms with E-state index in [-0.39, 0.29) is 22.8 Å². The van der Waals surface area contributed by atoms with Crippen molar-refractivity contribution in [3.63, 3.8) is 0 Å². The zero-order valence-electron chi connectivity index (χ0n) is 25.5. The van der Waals surface area contributed by atoms with Gasteiger partial charge in [0, 0.05) is 38.3 Å². The highest BCUT2D eigenvalue weighted by molar-refractivity contribution is 6.42. The fourth-order valence-electron chi connectivity index (χ4n) is 5.58. The molecule has 2 atom stereocenters. The van der Waals surface area contributed by atoms with Gasteiger partial charge in [0.1, 0.15) is 6.04 Å². The van der Waals surface area contributed by atoms with Gasteiger partial charge >= 0.3 is 0 Å². The van der Waals surface area contributed by atoms with E-state index in [2.05, 4.69) is 48.2 Å². The number of hydrogen-bond acceptors (Lipinski definition) is 6. The number of carbonyl (C=O) groups is 2. The number of halogens is 2. The van der Waals surface area contributed by atoms with Gasteiger partial charge in [-0.25, -0.2) is 4.68 Å². The summed E-state index contributed by atoms with van der Waals surface area (Å²) in [5, 5.41) is 12.6. The van der Waals surface area contributed by atoms with Crippen LogP contribution in [0.1, 0.15) is 62.2 Å². The lowest BCUT2D eigenvalue weighted by Gasteiger charge is -2.48. The lowest BCUT2D eigenvalue weighted by atomic mass is 9.76. The van der Waals surface area contributed by atoms with Crippen molar-refractivity contribution in [2.24, 2.45) is 5.41 Å². The number of benzene rings is 2. The van der Waals surface area contributed by atoms with Crippen LogP contribution in [-0.4, -0.2) is 76.1 Å². The molecule has 0 radical (unpaired) electrons. The van der Waals surface area contributed by atoms with Crippen molar-refractivity contribution in [3.8, 4) is 5.69 Å². The van der Waals surface area contributed by atoms with Crippen LogP contribution in [0.5, 0.6) is 0 Å². The van der Waals surface area contributed by atoms with Crippen LogP contribution in [0.2, 0.25) is 10.0 Å². The van der Waals surface area contributed by atoms with E-state index in [0.717, 1.165) is 43.7 Å². The normalized spacial score (nSPS) is 21.7. The first-order valence-electron chi connectivity index (χ1n) is 14.8. The van der Waals surface area contributed by atoms with Gasteiger partial charge in [-0.1, -0.05) is 55.3 Å². The van der Waals surface area contributed by atoms with Crippen LogP contribution in [0.25, 0.3) is 5.69 Å². The Labute approximate surface area is 263 Å². The van der Waals surface area contributed by atoms with Gasteiger partial charge in [-0.05, 0) is 68.0 Å². The molecule has 3 heterocycles. The summed E-state index contributed by atoms with van der Waals surface area (Å²) < 4.78 is 7.83. The number of nitrogens with zero attached hydrogens (tertiary/aromatic N) is 5. The minimum atomic E-state index is -0.663. The molecule has 1 aromatic heterocycles. The average Bonchev–Trinajstić information content (AvgIpc) is 3.43. The zero-order valence-corrected chi connectivity index (χ0v) is 27.0. The molecule has 2 aliphatic heterocycles. The lowest BCUT2D eigenvalue weighted by Crippen LogP contribution is -2.56. The monoisotopic (exact) mass is 626 g/mol. The second-order valence-electron chi connectivity index (χ2n) is 12.8. The molecular weight excluding hydrogens is 587 g/mol.